The lowest BCUT2D eigenvalue weighted by Crippen LogP contribution is -2.03. The van der Waals surface area contributed by atoms with Gasteiger partial charge in [0.2, 0.25) is 5.75 Å². The molecule has 6 heteroatoms. The van der Waals surface area contributed by atoms with Crippen LogP contribution in [0.25, 0.3) is 6.08 Å². The predicted molar refractivity (Wildman–Crippen MR) is 84.7 cm³/mol. The Balaban J connectivity index is 3.19. The Kier molecular flexibility index (Phi) is 6.63. The molecule has 5 nitrogen and oxygen atoms in total. The van der Waals surface area contributed by atoms with Crippen molar-refractivity contribution in [2.24, 2.45) is 0 Å². The number of carbonyl (C=O) groups is 1. The number of rotatable bonds is 6. The van der Waals surface area contributed by atoms with Crippen LogP contribution in [0.5, 0.6) is 17.2 Å². The number of hydrogen-bond acceptors (Lipinski definition) is 5. The highest BCUT2D eigenvalue weighted by Gasteiger charge is 2.13. The zero-order valence-corrected chi connectivity index (χ0v) is 14.0. The Labute approximate surface area is 132 Å². The molecule has 1 aromatic carbocycles. The molecule has 0 atom stereocenters. The number of benzene rings is 1. The van der Waals surface area contributed by atoms with Crippen molar-refractivity contribution in [2.45, 2.75) is 6.92 Å². The minimum Gasteiger partial charge on any atom is -0.493 e. The van der Waals surface area contributed by atoms with Crippen molar-refractivity contribution in [3.63, 3.8) is 0 Å². The second-order valence-corrected chi connectivity index (χ2v) is 4.83. The highest BCUT2D eigenvalue weighted by atomic mass is 127. The summed E-state index contributed by atoms with van der Waals surface area (Å²) in [5.74, 6) is 1.22. The zero-order chi connectivity index (χ0) is 15.1. The molecule has 110 valence electrons. The quantitative estimate of drug-likeness (QED) is 0.423. The van der Waals surface area contributed by atoms with Crippen LogP contribution < -0.4 is 14.2 Å². The van der Waals surface area contributed by atoms with E-state index in [1.807, 2.05) is 22.6 Å². The van der Waals surface area contributed by atoms with Crippen molar-refractivity contribution in [1.82, 2.24) is 0 Å². The molecule has 0 unspecified atom stereocenters. The summed E-state index contributed by atoms with van der Waals surface area (Å²) in [4.78, 5) is 11.6. The van der Waals surface area contributed by atoms with Gasteiger partial charge < -0.3 is 18.9 Å². The molecule has 0 saturated heterocycles. The average molecular weight is 392 g/mol. The number of halogens is 1. The summed E-state index contributed by atoms with van der Waals surface area (Å²) < 4.78 is 21.2. The maximum Gasteiger partial charge on any atom is 0.344 e. The van der Waals surface area contributed by atoms with E-state index in [1.165, 1.54) is 7.11 Å². The molecule has 0 spiro atoms. The largest absolute Gasteiger partial charge is 0.493 e. The minimum absolute atomic E-state index is 0.342. The average Bonchev–Trinajstić information content (AvgIpc) is 2.46. The Hall–Kier alpha value is -1.44. The molecule has 0 N–H and O–H groups in total. The Morgan fingerprint density at radius 1 is 1.15 bits per heavy atom. The van der Waals surface area contributed by atoms with Gasteiger partial charge in [-0.05, 0) is 53.3 Å². The van der Waals surface area contributed by atoms with Gasteiger partial charge in [-0.2, -0.15) is 0 Å². The molecule has 0 fully saturated rings. The fraction of sp³-hybridized carbons (Fsp3) is 0.357. The molecule has 0 heterocycles. The monoisotopic (exact) mass is 392 g/mol. The third kappa shape index (κ3) is 4.03. The highest BCUT2D eigenvalue weighted by molar-refractivity contribution is 14.1. The molecule has 0 aromatic heterocycles. The second kappa shape index (κ2) is 7.98. The maximum atomic E-state index is 11.6. The lowest BCUT2D eigenvalue weighted by Gasteiger charge is -2.13. The third-order valence-electron chi connectivity index (χ3n) is 2.45. The van der Waals surface area contributed by atoms with E-state index in [9.17, 15) is 4.79 Å². The molecular weight excluding hydrogens is 375 g/mol. The van der Waals surface area contributed by atoms with Crippen molar-refractivity contribution in [2.75, 3.05) is 27.9 Å². The van der Waals surface area contributed by atoms with E-state index in [4.69, 9.17) is 18.9 Å². The van der Waals surface area contributed by atoms with Gasteiger partial charge in [-0.25, -0.2) is 4.79 Å². The summed E-state index contributed by atoms with van der Waals surface area (Å²) in [6, 6.07) is 3.53. The number of methoxy groups -OCH3 is 3. The van der Waals surface area contributed by atoms with Crippen molar-refractivity contribution < 1.29 is 23.7 Å². The zero-order valence-electron chi connectivity index (χ0n) is 11.9. The first kappa shape index (κ1) is 16.6. The summed E-state index contributed by atoms with van der Waals surface area (Å²) in [6.07, 6.45) is 1.70. The molecular formula is C14H17IO5. The second-order valence-electron chi connectivity index (χ2n) is 3.67. The van der Waals surface area contributed by atoms with Crippen LogP contribution in [-0.2, 0) is 9.53 Å². The van der Waals surface area contributed by atoms with Gasteiger partial charge in [0.25, 0.3) is 0 Å². The van der Waals surface area contributed by atoms with Crippen molar-refractivity contribution in [3.05, 3.63) is 21.3 Å². The molecule has 0 bridgehead atoms. The topological polar surface area (TPSA) is 54.0 Å². The fourth-order valence-corrected chi connectivity index (χ4v) is 2.11. The molecule has 1 rings (SSSR count). The van der Waals surface area contributed by atoms with E-state index in [1.54, 1.807) is 39.4 Å². The van der Waals surface area contributed by atoms with Gasteiger partial charge in [-0.3, -0.25) is 0 Å². The van der Waals surface area contributed by atoms with Gasteiger partial charge in [0.1, 0.15) is 0 Å². The van der Waals surface area contributed by atoms with Crippen LogP contribution in [0.2, 0.25) is 0 Å². The molecule has 0 aliphatic carbocycles. The first-order valence-electron chi connectivity index (χ1n) is 5.91. The number of hydrogen-bond donors (Lipinski definition) is 0. The fourth-order valence-electron chi connectivity index (χ4n) is 1.59. The first-order valence-corrected chi connectivity index (χ1v) is 6.99. The molecule has 1 aromatic rings. The van der Waals surface area contributed by atoms with Gasteiger partial charge in [0, 0.05) is 0 Å². The molecule has 0 saturated carbocycles. The number of ether oxygens (including phenoxy) is 4. The van der Waals surface area contributed by atoms with Crippen LogP contribution in [0.3, 0.4) is 0 Å². The Bertz CT molecular complexity index is 485. The van der Waals surface area contributed by atoms with E-state index < -0.39 is 0 Å². The lowest BCUT2D eigenvalue weighted by molar-refractivity contribution is -0.137. The summed E-state index contributed by atoms with van der Waals surface area (Å²) in [6.45, 7) is 2.11. The van der Waals surface area contributed by atoms with Gasteiger partial charge in [0.15, 0.2) is 11.5 Å². The van der Waals surface area contributed by atoms with Crippen LogP contribution in [-0.4, -0.2) is 33.9 Å². The van der Waals surface area contributed by atoms with E-state index >= 15 is 0 Å². The van der Waals surface area contributed by atoms with Crippen LogP contribution in [0, 0.1) is 0 Å². The van der Waals surface area contributed by atoms with Crippen molar-refractivity contribution >= 4 is 34.6 Å². The van der Waals surface area contributed by atoms with E-state index in [0.717, 1.165) is 5.56 Å². The normalized spacial score (nSPS) is 10.9. The van der Waals surface area contributed by atoms with Crippen molar-refractivity contribution in [1.29, 1.82) is 0 Å². The Morgan fingerprint density at radius 2 is 1.70 bits per heavy atom. The Morgan fingerprint density at radius 3 is 2.10 bits per heavy atom. The van der Waals surface area contributed by atoms with Gasteiger partial charge in [-0.15, -0.1) is 0 Å². The van der Waals surface area contributed by atoms with E-state index in [-0.39, 0.29) is 5.97 Å². The van der Waals surface area contributed by atoms with E-state index in [2.05, 4.69) is 0 Å². The summed E-state index contributed by atoms with van der Waals surface area (Å²) in [5, 5.41) is 0. The maximum absolute atomic E-state index is 11.6. The molecule has 0 radical (unpaired) electrons. The van der Waals surface area contributed by atoms with Crippen LogP contribution >= 0.6 is 22.6 Å². The molecule has 0 amide bonds. The van der Waals surface area contributed by atoms with Gasteiger partial charge >= 0.3 is 5.97 Å². The third-order valence-corrected chi connectivity index (χ3v) is 3.20. The van der Waals surface area contributed by atoms with Crippen LogP contribution in [0.4, 0.5) is 0 Å². The summed E-state index contributed by atoms with van der Waals surface area (Å²) in [7, 11) is 4.63. The lowest BCUT2D eigenvalue weighted by atomic mass is 10.1. The SMILES string of the molecule is CCOC(=O)/C(I)=C/c1cc(OC)c(OC)c(OC)c1. The van der Waals surface area contributed by atoms with Crippen LogP contribution in [0.1, 0.15) is 12.5 Å². The molecule has 0 aliphatic rings. The predicted octanol–water partition coefficient (Wildman–Crippen LogP) is 3.05. The smallest absolute Gasteiger partial charge is 0.344 e. The first-order chi connectivity index (χ1) is 9.57. The summed E-state index contributed by atoms with van der Waals surface area (Å²) >= 11 is 1.93. The minimum atomic E-state index is -0.359. The number of esters is 1. The summed E-state index contributed by atoms with van der Waals surface area (Å²) in [5.41, 5.74) is 0.761. The van der Waals surface area contributed by atoms with Crippen LogP contribution in [0.15, 0.2) is 15.7 Å². The highest BCUT2D eigenvalue weighted by Crippen LogP contribution is 2.38. The van der Waals surface area contributed by atoms with E-state index in [0.29, 0.717) is 27.4 Å². The van der Waals surface area contributed by atoms with Gasteiger partial charge in [-0.1, -0.05) is 0 Å². The number of carbonyl (C=O) groups excluding carboxylic acids is 1. The standard InChI is InChI=1S/C14H17IO5/c1-5-20-14(16)10(15)6-9-7-11(17-2)13(19-4)12(8-9)18-3/h6-8H,5H2,1-4H3/b10-6-. The van der Waals surface area contributed by atoms with Crippen molar-refractivity contribution in [3.8, 4) is 17.2 Å². The molecule has 20 heavy (non-hydrogen) atoms. The van der Waals surface area contributed by atoms with Gasteiger partial charge in [0.05, 0.1) is 31.5 Å². The molecule has 0 aliphatic heterocycles.